The van der Waals surface area contributed by atoms with Gasteiger partial charge in [0.2, 0.25) is 0 Å². The minimum atomic E-state index is 0.502. The molecule has 21 heavy (non-hydrogen) atoms. The summed E-state index contributed by atoms with van der Waals surface area (Å²) in [7, 11) is 0. The van der Waals surface area contributed by atoms with Crippen LogP contribution in [0.3, 0.4) is 0 Å². The highest BCUT2D eigenvalue weighted by molar-refractivity contribution is 9.13. The van der Waals surface area contributed by atoms with Gasteiger partial charge in [-0.25, -0.2) is 0 Å². The monoisotopic (exact) mass is 471 g/mol. The second kappa shape index (κ2) is 6.95. The van der Waals surface area contributed by atoms with E-state index in [9.17, 15) is 0 Å². The van der Waals surface area contributed by atoms with Gasteiger partial charge >= 0.3 is 0 Å². The van der Waals surface area contributed by atoms with E-state index < -0.39 is 0 Å². The molecule has 1 aliphatic rings. The first-order valence-electron chi connectivity index (χ1n) is 7.07. The first-order chi connectivity index (χ1) is 10.2. The zero-order chi connectivity index (χ0) is 14.8. The molecule has 110 valence electrons. The molecule has 1 aliphatic heterocycles. The van der Waals surface area contributed by atoms with Crippen molar-refractivity contribution in [2.75, 3.05) is 13.1 Å². The van der Waals surface area contributed by atoms with Crippen molar-refractivity contribution < 1.29 is 0 Å². The molecule has 0 aromatic heterocycles. The second-order valence-electron chi connectivity index (χ2n) is 5.40. The third kappa shape index (κ3) is 3.44. The topological polar surface area (TPSA) is 12.0 Å². The third-order valence-corrected chi connectivity index (χ3v) is 6.76. The molecule has 4 heteroatoms. The van der Waals surface area contributed by atoms with Gasteiger partial charge in [0.05, 0.1) is 0 Å². The van der Waals surface area contributed by atoms with Crippen LogP contribution in [0.1, 0.15) is 29.4 Å². The Morgan fingerprint density at radius 1 is 0.857 bits per heavy atom. The zero-order valence-corrected chi connectivity index (χ0v) is 16.2. The summed E-state index contributed by atoms with van der Waals surface area (Å²) < 4.78 is 3.45. The normalized spacial score (nSPS) is 22.2. The molecular formula is C17H16Br3N. The molecule has 2 atom stereocenters. The van der Waals surface area contributed by atoms with Crippen molar-refractivity contribution in [1.82, 2.24) is 5.32 Å². The fourth-order valence-electron chi connectivity index (χ4n) is 3.10. The van der Waals surface area contributed by atoms with E-state index in [0.717, 1.165) is 22.0 Å². The van der Waals surface area contributed by atoms with Crippen LogP contribution < -0.4 is 5.32 Å². The summed E-state index contributed by atoms with van der Waals surface area (Å²) in [4.78, 5) is 0. The van der Waals surface area contributed by atoms with E-state index in [0.29, 0.717) is 11.8 Å². The predicted molar refractivity (Wildman–Crippen MR) is 99.0 cm³/mol. The molecule has 3 rings (SSSR count). The number of rotatable bonds is 2. The largest absolute Gasteiger partial charge is 0.316 e. The molecule has 1 N–H and O–H groups in total. The van der Waals surface area contributed by atoms with E-state index in [-0.39, 0.29) is 0 Å². The van der Waals surface area contributed by atoms with Crippen LogP contribution in [0.25, 0.3) is 0 Å². The molecule has 0 aliphatic carbocycles. The van der Waals surface area contributed by atoms with Gasteiger partial charge in [-0.1, -0.05) is 40.2 Å². The van der Waals surface area contributed by atoms with Crippen molar-refractivity contribution >= 4 is 47.8 Å². The van der Waals surface area contributed by atoms with E-state index in [4.69, 9.17) is 0 Å². The highest BCUT2D eigenvalue weighted by atomic mass is 79.9. The van der Waals surface area contributed by atoms with E-state index in [2.05, 4.69) is 95.6 Å². The zero-order valence-electron chi connectivity index (χ0n) is 11.5. The maximum atomic E-state index is 3.71. The lowest BCUT2D eigenvalue weighted by Crippen LogP contribution is -2.34. The molecule has 1 heterocycles. The summed E-state index contributed by atoms with van der Waals surface area (Å²) in [5.74, 6) is 1.05. The smallest absolute Gasteiger partial charge is 0.0320 e. The van der Waals surface area contributed by atoms with Gasteiger partial charge in [0.25, 0.3) is 0 Å². The number of benzene rings is 2. The predicted octanol–water partition coefficient (Wildman–Crippen LogP) is 5.83. The lowest BCUT2D eigenvalue weighted by Gasteiger charge is -2.33. The number of piperidine rings is 1. The lowest BCUT2D eigenvalue weighted by atomic mass is 9.77. The van der Waals surface area contributed by atoms with E-state index in [1.807, 2.05) is 0 Å². The molecule has 2 unspecified atom stereocenters. The van der Waals surface area contributed by atoms with Crippen LogP contribution >= 0.6 is 47.8 Å². The molecule has 1 saturated heterocycles. The summed E-state index contributed by atoms with van der Waals surface area (Å²) >= 11 is 10.9. The van der Waals surface area contributed by atoms with Gasteiger partial charge in [0, 0.05) is 25.9 Å². The average Bonchev–Trinajstić information content (AvgIpc) is 2.51. The van der Waals surface area contributed by atoms with Gasteiger partial charge < -0.3 is 5.32 Å². The van der Waals surface area contributed by atoms with Crippen LogP contribution in [0, 0.1) is 0 Å². The molecule has 0 radical (unpaired) electrons. The van der Waals surface area contributed by atoms with E-state index in [1.54, 1.807) is 0 Å². The van der Waals surface area contributed by atoms with Crippen LogP contribution in [0.5, 0.6) is 0 Å². The lowest BCUT2D eigenvalue weighted by molar-refractivity contribution is 0.403. The Balaban J connectivity index is 1.98. The number of hydrogen-bond acceptors (Lipinski definition) is 1. The maximum Gasteiger partial charge on any atom is 0.0320 e. The molecule has 1 fully saturated rings. The van der Waals surface area contributed by atoms with Crippen molar-refractivity contribution in [3.8, 4) is 0 Å². The Morgan fingerprint density at radius 3 is 2.43 bits per heavy atom. The van der Waals surface area contributed by atoms with Gasteiger partial charge in [0.15, 0.2) is 0 Å². The van der Waals surface area contributed by atoms with Gasteiger partial charge in [-0.05, 0) is 80.1 Å². The molecule has 0 bridgehead atoms. The average molecular weight is 474 g/mol. The van der Waals surface area contributed by atoms with Crippen molar-refractivity contribution in [2.45, 2.75) is 18.3 Å². The fraction of sp³-hybridized carbons (Fsp3) is 0.294. The van der Waals surface area contributed by atoms with Crippen molar-refractivity contribution in [3.05, 3.63) is 67.0 Å². The minimum Gasteiger partial charge on any atom is -0.316 e. The van der Waals surface area contributed by atoms with Crippen molar-refractivity contribution in [3.63, 3.8) is 0 Å². The van der Waals surface area contributed by atoms with Crippen LogP contribution in [0.2, 0.25) is 0 Å². The third-order valence-electron chi connectivity index (χ3n) is 4.16. The van der Waals surface area contributed by atoms with Crippen LogP contribution in [0.4, 0.5) is 0 Å². The number of halogens is 3. The summed E-state index contributed by atoms with van der Waals surface area (Å²) in [5, 5.41) is 3.54. The fourth-order valence-corrected chi connectivity index (χ4v) is 4.33. The van der Waals surface area contributed by atoms with Crippen molar-refractivity contribution in [2.24, 2.45) is 0 Å². The Bertz CT molecular complexity index is 642. The number of nitrogens with one attached hydrogen (secondary N) is 1. The quantitative estimate of drug-likeness (QED) is 0.578. The molecule has 2 aromatic rings. The highest BCUT2D eigenvalue weighted by Gasteiger charge is 2.29. The van der Waals surface area contributed by atoms with Gasteiger partial charge in [-0.2, -0.15) is 0 Å². The first-order valence-corrected chi connectivity index (χ1v) is 9.45. The second-order valence-corrected chi connectivity index (χ2v) is 7.96. The molecule has 2 aromatic carbocycles. The van der Waals surface area contributed by atoms with E-state index in [1.165, 1.54) is 22.0 Å². The minimum absolute atomic E-state index is 0.502. The Hall–Kier alpha value is -0.160. The molecule has 0 saturated carbocycles. The Kier molecular flexibility index (Phi) is 5.20. The molecular weight excluding hydrogens is 458 g/mol. The van der Waals surface area contributed by atoms with Crippen LogP contribution in [0.15, 0.2) is 55.9 Å². The molecule has 1 nitrogen and oxygen atoms in total. The van der Waals surface area contributed by atoms with Gasteiger partial charge in [-0.3, -0.25) is 0 Å². The summed E-state index contributed by atoms with van der Waals surface area (Å²) in [5.41, 5.74) is 2.81. The van der Waals surface area contributed by atoms with Crippen molar-refractivity contribution in [1.29, 1.82) is 0 Å². The maximum absolute atomic E-state index is 3.71. The van der Waals surface area contributed by atoms with Crippen LogP contribution in [-0.2, 0) is 0 Å². The summed E-state index contributed by atoms with van der Waals surface area (Å²) in [6.07, 6.45) is 1.17. The summed E-state index contributed by atoms with van der Waals surface area (Å²) in [6.45, 7) is 2.11. The van der Waals surface area contributed by atoms with Gasteiger partial charge in [-0.15, -0.1) is 0 Å². The Morgan fingerprint density at radius 2 is 1.67 bits per heavy atom. The summed E-state index contributed by atoms with van der Waals surface area (Å²) in [6, 6.07) is 15.2. The molecule has 0 spiro atoms. The SMILES string of the molecule is Brc1ccc(C2CCNCC2c2ccccc2Br)cc1Br. The van der Waals surface area contributed by atoms with Gasteiger partial charge in [0.1, 0.15) is 0 Å². The first kappa shape index (κ1) is 15.7. The van der Waals surface area contributed by atoms with E-state index >= 15 is 0 Å². The van der Waals surface area contributed by atoms with Crippen LogP contribution in [-0.4, -0.2) is 13.1 Å². The number of hydrogen-bond donors (Lipinski definition) is 1. The molecule has 0 amide bonds. The highest BCUT2D eigenvalue weighted by Crippen LogP contribution is 2.41. The standard InChI is InChI=1S/C17H16Br3N/c18-15-4-2-1-3-13(15)14-10-21-8-7-12(14)11-5-6-16(19)17(20)9-11/h1-6,9,12,14,21H,7-8,10H2. The Labute approximate surface area is 150 Å².